The number of carbonyl (C=O) groups excluding carboxylic acids is 3. The number of amides is 3. The molecule has 0 saturated carbocycles. The Labute approximate surface area is 158 Å². The number of benzene rings is 1. The van der Waals surface area contributed by atoms with Gasteiger partial charge in [0.1, 0.15) is 6.04 Å². The van der Waals surface area contributed by atoms with Crippen molar-refractivity contribution in [2.45, 2.75) is 26.8 Å². The average molecular weight is 371 g/mol. The minimum absolute atomic E-state index is 0.102. The zero-order valence-electron chi connectivity index (χ0n) is 16.0. The summed E-state index contributed by atoms with van der Waals surface area (Å²) in [5.74, 6) is -0.760. The molecule has 0 aliphatic heterocycles. The van der Waals surface area contributed by atoms with E-state index in [1.54, 1.807) is 50.6 Å². The van der Waals surface area contributed by atoms with Crippen molar-refractivity contribution >= 4 is 23.4 Å². The van der Waals surface area contributed by atoms with Crippen molar-refractivity contribution in [1.29, 1.82) is 0 Å². The number of nitrogens with zero attached hydrogens (tertiary/aromatic N) is 3. The van der Waals surface area contributed by atoms with Crippen LogP contribution in [0.15, 0.2) is 36.7 Å². The molecule has 0 spiro atoms. The lowest BCUT2D eigenvalue weighted by Crippen LogP contribution is -2.38. The number of anilines is 1. The number of rotatable bonds is 7. The van der Waals surface area contributed by atoms with Gasteiger partial charge < -0.3 is 15.5 Å². The third-order valence-corrected chi connectivity index (χ3v) is 4.15. The summed E-state index contributed by atoms with van der Waals surface area (Å²) in [5, 5.41) is 9.54. The second kappa shape index (κ2) is 8.98. The van der Waals surface area contributed by atoms with Gasteiger partial charge in [-0.1, -0.05) is 6.07 Å². The number of aromatic nitrogens is 2. The highest BCUT2D eigenvalue weighted by Gasteiger charge is 2.21. The molecule has 8 nitrogen and oxygen atoms in total. The number of carbonyl (C=O) groups is 3. The van der Waals surface area contributed by atoms with Crippen LogP contribution in [0, 0.1) is 6.92 Å². The number of nitrogens with one attached hydrogen (secondary N) is 2. The maximum absolute atomic E-state index is 12.4. The van der Waals surface area contributed by atoms with Crippen LogP contribution in [0.5, 0.6) is 0 Å². The Morgan fingerprint density at radius 1 is 1.30 bits per heavy atom. The van der Waals surface area contributed by atoms with Crippen LogP contribution >= 0.6 is 0 Å². The number of likely N-dealkylation sites (N-methyl/N-ethyl adjacent to an activating group) is 1. The Hall–Kier alpha value is -3.16. The first-order valence-corrected chi connectivity index (χ1v) is 8.76. The molecule has 2 aromatic rings. The lowest BCUT2D eigenvalue weighted by Gasteiger charge is -2.21. The molecule has 1 heterocycles. The number of aryl methyl sites for hydroxylation is 1. The summed E-state index contributed by atoms with van der Waals surface area (Å²) in [6.45, 7) is 5.83. The molecule has 2 rings (SSSR count). The van der Waals surface area contributed by atoms with E-state index in [2.05, 4.69) is 15.7 Å². The first-order valence-electron chi connectivity index (χ1n) is 8.76. The van der Waals surface area contributed by atoms with Crippen molar-refractivity contribution in [3.05, 3.63) is 47.8 Å². The molecule has 1 unspecified atom stereocenters. The van der Waals surface area contributed by atoms with E-state index in [9.17, 15) is 14.4 Å². The molecule has 0 saturated heterocycles. The Morgan fingerprint density at radius 2 is 2.04 bits per heavy atom. The Morgan fingerprint density at radius 3 is 2.67 bits per heavy atom. The van der Waals surface area contributed by atoms with E-state index in [1.807, 2.05) is 13.8 Å². The maximum Gasteiger partial charge on any atom is 0.251 e. The second-order valence-corrected chi connectivity index (χ2v) is 6.29. The van der Waals surface area contributed by atoms with Crippen molar-refractivity contribution in [1.82, 2.24) is 20.0 Å². The predicted molar refractivity (Wildman–Crippen MR) is 102 cm³/mol. The van der Waals surface area contributed by atoms with Gasteiger partial charge in [0, 0.05) is 37.2 Å². The van der Waals surface area contributed by atoms with Gasteiger partial charge in [0.05, 0.1) is 6.54 Å². The van der Waals surface area contributed by atoms with Gasteiger partial charge in [0.2, 0.25) is 11.8 Å². The van der Waals surface area contributed by atoms with Gasteiger partial charge >= 0.3 is 0 Å². The molecule has 0 aliphatic rings. The average Bonchev–Trinajstić information content (AvgIpc) is 3.17. The molecule has 3 amide bonds. The van der Waals surface area contributed by atoms with Crippen LogP contribution < -0.4 is 10.6 Å². The molecule has 1 aromatic carbocycles. The molecule has 0 fully saturated rings. The van der Waals surface area contributed by atoms with Crippen LogP contribution in [0.3, 0.4) is 0 Å². The van der Waals surface area contributed by atoms with Crippen LogP contribution in [0.2, 0.25) is 0 Å². The summed E-state index contributed by atoms with van der Waals surface area (Å²) in [5.41, 5.74) is 1.84. The topological polar surface area (TPSA) is 96.3 Å². The molecule has 0 radical (unpaired) electrons. The van der Waals surface area contributed by atoms with Crippen LogP contribution in [-0.2, 0) is 9.59 Å². The van der Waals surface area contributed by atoms with Crippen LogP contribution in [0.25, 0.3) is 0 Å². The van der Waals surface area contributed by atoms with Gasteiger partial charge in [0.25, 0.3) is 5.91 Å². The van der Waals surface area contributed by atoms with Gasteiger partial charge in [-0.25, -0.2) is 0 Å². The zero-order valence-corrected chi connectivity index (χ0v) is 16.0. The molecule has 0 aliphatic carbocycles. The lowest BCUT2D eigenvalue weighted by molar-refractivity contribution is -0.136. The standard InChI is InChI=1S/C19H25N5O3/c1-5-20-18(26)15-8-7-13(2)16(11-15)22-17(25)12-23(4)19(27)14(3)24-10-6-9-21-24/h6-11,14H,5,12H2,1-4H3,(H,20,26)(H,22,25). The fourth-order valence-corrected chi connectivity index (χ4v) is 2.59. The highest BCUT2D eigenvalue weighted by molar-refractivity contribution is 5.99. The van der Waals surface area contributed by atoms with E-state index in [0.29, 0.717) is 17.8 Å². The van der Waals surface area contributed by atoms with E-state index < -0.39 is 6.04 Å². The minimum Gasteiger partial charge on any atom is -0.352 e. The highest BCUT2D eigenvalue weighted by atomic mass is 16.2. The summed E-state index contributed by atoms with van der Waals surface area (Å²) in [6, 6.07) is 6.35. The van der Waals surface area contributed by atoms with Gasteiger partial charge in [0.15, 0.2) is 0 Å². The summed E-state index contributed by atoms with van der Waals surface area (Å²) in [4.78, 5) is 38.1. The summed E-state index contributed by atoms with van der Waals surface area (Å²) < 4.78 is 1.54. The van der Waals surface area contributed by atoms with Crippen molar-refractivity contribution < 1.29 is 14.4 Å². The van der Waals surface area contributed by atoms with E-state index in [0.717, 1.165) is 5.56 Å². The zero-order chi connectivity index (χ0) is 20.0. The van der Waals surface area contributed by atoms with Crippen LogP contribution in [-0.4, -0.2) is 52.5 Å². The van der Waals surface area contributed by atoms with Crippen molar-refractivity contribution in [3.63, 3.8) is 0 Å². The third-order valence-electron chi connectivity index (χ3n) is 4.15. The molecular formula is C19H25N5O3. The number of hydrogen-bond acceptors (Lipinski definition) is 4. The van der Waals surface area contributed by atoms with E-state index in [-0.39, 0.29) is 24.3 Å². The highest BCUT2D eigenvalue weighted by Crippen LogP contribution is 2.17. The summed E-state index contributed by atoms with van der Waals surface area (Å²) in [6.07, 6.45) is 3.30. The lowest BCUT2D eigenvalue weighted by atomic mass is 10.1. The summed E-state index contributed by atoms with van der Waals surface area (Å²) in [7, 11) is 1.57. The van der Waals surface area contributed by atoms with Crippen LogP contribution in [0.4, 0.5) is 5.69 Å². The number of hydrogen-bond donors (Lipinski definition) is 2. The molecule has 1 aromatic heterocycles. The van der Waals surface area contributed by atoms with Gasteiger partial charge in [-0.2, -0.15) is 5.10 Å². The molecular weight excluding hydrogens is 346 g/mol. The Bertz CT molecular complexity index is 817. The SMILES string of the molecule is CCNC(=O)c1ccc(C)c(NC(=O)CN(C)C(=O)C(C)n2cccn2)c1. The van der Waals surface area contributed by atoms with Crippen molar-refractivity contribution in [2.24, 2.45) is 0 Å². The van der Waals surface area contributed by atoms with Gasteiger partial charge in [-0.3, -0.25) is 19.1 Å². The molecule has 1 atom stereocenters. The normalized spacial score (nSPS) is 11.6. The first-order chi connectivity index (χ1) is 12.8. The predicted octanol–water partition coefficient (Wildman–Crippen LogP) is 1.60. The largest absolute Gasteiger partial charge is 0.352 e. The molecule has 8 heteroatoms. The maximum atomic E-state index is 12.4. The van der Waals surface area contributed by atoms with Crippen molar-refractivity contribution in [2.75, 3.05) is 25.5 Å². The molecule has 0 bridgehead atoms. The molecule has 144 valence electrons. The summed E-state index contributed by atoms with van der Waals surface area (Å²) >= 11 is 0. The molecule has 2 N–H and O–H groups in total. The van der Waals surface area contributed by atoms with E-state index in [4.69, 9.17) is 0 Å². The Balaban J connectivity index is 2.01. The Kier molecular flexibility index (Phi) is 6.70. The fourth-order valence-electron chi connectivity index (χ4n) is 2.59. The first kappa shape index (κ1) is 20.2. The smallest absolute Gasteiger partial charge is 0.251 e. The van der Waals surface area contributed by atoms with E-state index >= 15 is 0 Å². The van der Waals surface area contributed by atoms with Gasteiger partial charge in [-0.05, 0) is 44.5 Å². The van der Waals surface area contributed by atoms with E-state index in [1.165, 1.54) is 9.58 Å². The molecule has 27 heavy (non-hydrogen) atoms. The van der Waals surface area contributed by atoms with Crippen molar-refractivity contribution in [3.8, 4) is 0 Å². The second-order valence-electron chi connectivity index (χ2n) is 6.29. The monoisotopic (exact) mass is 371 g/mol. The van der Waals surface area contributed by atoms with Gasteiger partial charge in [-0.15, -0.1) is 0 Å². The fraction of sp³-hybridized carbons (Fsp3) is 0.368. The van der Waals surface area contributed by atoms with Crippen LogP contribution in [0.1, 0.15) is 35.8 Å². The quantitative estimate of drug-likeness (QED) is 0.773. The third kappa shape index (κ3) is 5.16. The minimum atomic E-state index is -0.499.